The van der Waals surface area contributed by atoms with Crippen LogP contribution in [0.25, 0.3) is 0 Å². The van der Waals surface area contributed by atoms with Crippen molar-refractivity contribution in [1.82, 2.24) is 15.0 Å². The van der Waals surface area contributed by atoms with E-state index in [1.54, 1.807) is 0 Å². The topological polar surface area (TPSA) is 77.4 Å². The molecule has 1 aromatic heterocycles. The molecule has 2 N–H and O–H groups in total. The Morgan fingerprint density at radius 2 is 2.26 bits per heavy atom. The van der Waals surface area contributed by atoms with Crippen molar-refractivity contribution in [2.75, 3.05) is 13.2 Å². The van der Waals surface area contributed by atoms with E-state index in [0.29, 0.717) is 30.4 Å². The Balaban J connectivity index is 1.69. The fourth-order valence-electron chi connectivity index (χ4n) is 2.96. The monoisotopic (exact) mass is 266 g/mol. The van der Waals surface area contributed by atoms with Crippen LogP contribution in [0.1, 0.15) is 44.8 Å². The third kappa shape index (κ3) is 2.66. The number of fused-ring (bicyclic) bond motifs is 1. The Morgan fingerprint density at radius 3 is 3.00 bits per heavy atom. The zero-order chi connectivity index (χ0) is 13.5. The van der Waals surface area contributed by atoms with E-state index < -0.39 is 5.54 Å². The Labute approximate surface area is 113 Å². The minimum absolute atomic E-state index is 0.391. The molecule has 3 rings (SSSR count). The lowest BCUT2D eigenvalue weighted by atomic mass is 10.1. The van der Waals surface area contributed by atoms with Gasteiger partial charge in [-0.3, -0.25) is 4.90 Å². The molecule has 1 aliphatic heterocycles. The number of aromatic nitrogens is 2. The number of morpholine rings is 1. The summed E-state index contributed by atoms with van der Waals surface area (Å²) in [6.45, 7) is 6.19. The molecule has 1 saturated carbocycles. The normalized spacial score (nSPS) is 28.6. The molecule has 1 aromatic rings. The van der Waals surface area contributed by atoms with Crippen molar-refractivity contribution in [3.05, 3.63) is 11.7 Å². The molecule has 106 valence electrons. The predicted octanol–water partition coefficient (Wildman–Crippen LogP) is 1.02. The summed E-state index contributed by atoms with van der Waals surface area (Å²) < 4.78 is 11.1. The Morgan fingerprint density at radius 1 is 1.42 bits per heavy atom. The fraction of sp³-hybridized carbons (Fsp3) is 0.846. The smallest absolute Gasteiger partial charge is 0.240 e. The van der Waals surface area contributed by atoms with Gasteiger partial charge in [0.1, 0.15) is 0 Å². The van der Waals surface area contributed by atoms with Crippen LogP contribution < -0.4 is 5.73 Å². The lowest BCUT2D eigenvalue weighted by molar-refractivity contribution is -0.0615. The van der Waals surface area contributed by atoms with Crippen LogP contribution in [0.4, 0.5) is 0 Å². The number of nitrogens with two attached hydrogens (primary N) is 1. The fourth-order valence-corrected chi connectivity index (χ4v) is 2.96. The molecule has 2 atom stereocenters. The molecular formula is C13H22N4O2. The van der Waals surface area contributed by atoms with Crippen molar-refractivity contribution in [2.24, 2.45) is 5.73 Å². The SMILES string of the molecule is CC(C)(N)c1noc(CN2CCOC3CCCC32)n1. The molecule has 0 spiro atoms. The molecule has 19 heavy (non-hydrogen) atoms. The second-order valence-corrected chi connectivity index (χ2v) is 6.11. The zero-order valence-corrected chi connectivity index (χ0v) is 11.6. The summed E-state index contributed by atoms with van der Waals surface area (Å²) in [6, 6.07) is 0.509. The molecule has 1 saturated heterocycles. The average Bonchev–Trinajstić information content (AvgIpc) is 2.96. The molecule has 2 aliphatic rings. The molecule has 0 amide bonds. The highest BCUT2D eigenvalue weighted by Crippen LogP contribution is 2.30. The van der Waals surface area contributed by atoms with Gasteiger partial charge in [0, 0.05) is 12.6 Å². The van der Waals surface area contributed by atoms with Gasteiger partial charge in [-0.1, -0.05) is 5.16 Å². The number of hydrogen-bond acceptors (Lipinski definition) is 6. The van der Waals surface area contributed by atoms with E-state index >= 15 is 0 Å². The van der Waals surface area contributed by atoms with E-state index in [9.17, 15) is 0 Å². The second kappa shape index (κ2) is 4.85. The number of rotatable bonds is 3. The minimum atomic E-state index is -0.553. The molecule has 2 unspecified atom stereocenters. The molecule has 1 aliphatic carbocycles. The quantitative estimate of drug-likeness (QED) is 0.880. The standard InChI is InChI=1S/C13H22N4O2/c1-13(2,14)12-15-11(19-16-12)8-17-6-7-18-10-5-3-4-9(10)17/h9-10H,3-8,14H2,1-2H3. The summed E-state index contributed by atoms with van der Waals surface area (Å²) in [5.41, 5.74) is 5.42. The predicted molar refractivity (Wildman–Crippen MR) is 69.3 cm³/mol. The maximum Gasteiger partial charge on any atom is 0.240 e. The van der Waals surface area contributed by atoms with Crippen molar-refractivity contribution >= 4 is 0 Å². The number of ether oxygens (including phenoxy) is 1. The van der Waals surface area contributed by atoms with Crippen LogP contribution in [-0.4, -0.2) is 40.3 Å². The van der Waals surface area contributed by atoms with Crippen LogP contribution in [0, 0.1) is 0 Å². The van der Waals surface area contributed by atoms with Crippen LogP contribution in [0.15, 0.2) is 4.52 Å². The molecular weight excluding hydrogens is 244 g/mol. The van der Waals surface area contributed by atoms with Crippen LogP contribution in [0.5, 0.6) is 0 Å². The Bertz CT molecular complexity index is 440. The van der Waals surface area contributed by atoms with Crippen molar-refractivity contribution in [2.45, 2.75) is 57.3 Å². The first-order valence-corrected chi connectivity index (χ1v) is 7.01. The van der Waals surface area contributed by atoms with Crippen LogP contribution in [-0.2, 0) is 16.8 Å². The molecule has 6 heteroatoms. The van der Waals surface area contributed by atoms with Gasteiger partial charge in [0.2, 0.25) is 5.89 Å². The van der Waals surface area contributed by atoms with Crippen molar-refractivity contribution in [3.63, 3.8) is 0 Å². The highest BCUT2D eigenvalue weighted by Gasteiger charge is 2.36. The number of hydrogen-bond donors (Lipinski definition) is 1. The minimum Gasteiger partial charge on any atom is -0.375 e. The molecule has 2 fully saturated rings. The van der Waals surface area contributed by atoms with E-state index in [-0.39, 0.29) is 0 Å². The molecule has 0 aromatic carbocycles. The van der Waals surface area contributed by atoms with Crippen molar-refractivity contribution < 1.29 is 9.26 Å². The van der Waals surface area contributed by atoms with Gasteiger partial charge in [-0.15, -0.1) is 0 Å². The van der Waals surface area contributed by atoms with Crippen LogP contribution in [0.2, 0.25) is 0 Å². The van der Waals surface area contributed by atoms with Gasteiger partial charge in [-0.25, -0.2) is 0 Å². The lowest BCUT2D eigenvalue weighted by Gasteiger charge is -2.36. The summed E-state index contributed by atoms with van der Waals surface area (Å²) in [6.07, 6.45) is 4.01. The summed E-state index contributed by atoms with van der Waals surface area (Å²) in [4.78, 5) is 6.81. The van der Waals surface area contributed by atoms with Gasteiger partial charge < -0.3 is 15.0 Å². The largest absolute Gasteiger partial charge is 0.375 e. The summed E-state index contributed by atoms with van der Waals surface area (Å²) in [5.74, 6) is 1.22. The van der Waals surface area contributed by atoms with E-state index in [2.05, 4.69) is 15.0 Å². The van der Waals surface area contributed by atoms with Gasteiger partial charge in [0.05, 0.1) is 24.8 Å². The number of nitrogens with zero attached hydrogens (tertiary/aromatic N) is 3. The van der Waals surface area contributed by atoms with E-state index in [1.165, 1.54) is 19.3 Å². The first-order valence-electron chi connectivity index (χ1n) is 7.01. The lowest BCUT2D eigenvalue weighted by Crippen LogP contribution is -2.47. The zero-order valence-electron chi connectivity index (χ0n) is 11.6. The van der Waals surface area contributed by atoms with E-state index in [1.807, 2.05) is 13.8 Å². The van der Waals surface area contributed by atoms with Gasteiger partial charge in [-0.2, -0.15) is 4.98 Å². The molecule has 6 nitrogen and oxygen atoms in total. The van der Waals surface area contributed by atoms with E-state index in [0.717, 1.165) is 13.2 Å². The van der Waals surface area contributed by atoms with Gasteiger partial charge >= 0.3 is 0 Å². The first kappa shape index (κ1) is 13.0. The third-order valence-corrected chi connectivity index (χ3v) is 3.98. The van der Waals surface area contributed by atoms with E-state index in [4.69, 9.17) is 15.0 Å². The second-order valence-electron chi connectivity index (χ2n) is 6.11. The highest BCUT2D eigenvalue weighted by molar-refractivity contribution is 5.00. The average molecular weight is 266 g/mol. The Kier molecular flexibility index (Phi) is 3.32. The van der Waals surface area contributed by atoms with Gasteiger partial charge in [-0.05, 0) is 33.1 Å². The summed E-state index contributed by atoms with van der Waals surface area (Å²) in [7, 11) is 0. The van der Waals surface area contributed by atoms with Crippen LogP contribution >= 0.6 is 0 Å². The third-order valence-electron chi connectivity index (χ3n) is 3.98. The summed E-state index contributed by atoms with van der Waals surface area (Å²) in [5, 5.41) is 3.97. The summed E-state index contributed by atoms with van der Waals surface area (Å²) >= 11 is 0. The molecule has 0 radical (unpaired) electrons. The molecule has 0 bridgehead atoms. The van der Waals surface area contributed by atoms with Crippen molar-refractivity contribution in [1.29, 1.82) is 0 Å². The highest BCUT2D eigenvalue weighted by atomic mass is 16.5. The van der Waals surface area contributed by atoms with Crippen molar-refractivity contribution in [3.8, 4) is 0 Å². The maximum atomic E-state index is 5.97. The Hall–Kier alpha value is -0.980. The molecule has 2 heterocycles. The van der Waals surface area contributed by atoms with Gasteiger partial charge in [0.25, 0.3) is 0 Å². The van der Waals surface area contributed by atoms with Crippen LogP contribution in [0.3, 0.4) is 0 Å². The van der Waals surface area contributed by atoms with Gasteiger partial charge in [0.15, 0.2) is 5.82 Å². The first-order chi connectivity index (χ1) is 9.04. The maximum absolute atomic E-state index is 5.97.